The molecule has 0 bridgehead atoms. The number of nitrogens with one attached hydrogen (secondary N) is 2. The number of amides is 1. The molecular formula is C15H23FN2O3. The fourth-order valence-corrected chi connectivity index (χ4v) is 1.67. The zero-order valence-corrected chi connectivity index (χ0v) is 12.6. The maximum absolute atomic E-state index is 13.8. The van der Waals surface area contributed by atoms with Crippen LogP contribution < -0.4 is 15.4 Å². The van der Waals surface area contributed by atoms with Gasteiger partial charge in [0.05, 0.1) is 6.61 Å². The molecule has 0 heterocycles. The van der Waals surface area contributed by atoms with Gasteiger partial charge < -0.3 is 20.1 Å². The predicted molar refractivity (Wildman–Crippen MR) is 78.8 cm³/mol. The Hall–Kier alpha value is -1.66. The molecule has 21 heavy (non-hydrogen) atoms. The van der Waals surface area contributed by atoms with E-state index in [0.29, 0.717) is 19.7 Å². The first kappa shape index (κ1) is 17.4. The monoisotopic (exact) mass is 298 g/mol. The predicted octanol–water partition coefficient (Wildman–Crippen LogP) is 1.47. The Bertz CT molecular complexity index is 441. The first-order chi connectivity index (χ1) is 10.2. The minimum absolute atomic E-state index is 0.0798. The van der Waals surface area contributed by atoms with Gasteiger partial charge in [-0.25, -0.2) is 4.39 Å². The summed E-state index contributed by atoms with van der Waals surface area (Å²) < 4.78 is 23.8. The van der Waals surface area contributed by atoms with Crippen LogP contribution in [0.25, 0.3) is 0 Å². The van der Waals surface area contributed by atoms with Crippen LogP contribution in [0.2, 0.25) is 0 Å². The molecule has 6 heteroatoms. The van der Waals surface area contributed by atoms with E-state index >= 15 is 0 Å². The molecule has 118 valence electrons. The lowest BCUT2D eigenvalue weighted by Gasteiger charge is -2.09. The van der Waals surface area contributed by atoms with Crippen molar-refractivity contribution in [2.45, 2.75) is 19.9 Å². The molecule has 0 aliphatic heterocycles. The second-order valence-electron chi connectivity index (χ2n) is 4.57. The van der Waals surface area contributed by atoms with E-state index < -0.39 is 5.82 Å². The highest BCUT2D eigenvalue weighted by molar-refractivity contribution is 5.77. The van der Waals surface area contributed by atoms with Crippen molar-refractivity contribution in [2.75, 3.05) is 33.4 Å². The van der Waals surface area contributed by atoms with Gasteiger partial charge in [0.1, 0.15) is 0 Å². The molecule has 0 saturated heterocycles. The van der Waals surface area contributed by atoms with Gasteiger partial charge in [0.15, 0.2) is 18.2 Å². The van der Waals surface area contributed by atoms with Crippen LogP contribution >= 0.6 is 0 Å². The van der Waals surface area contributed by atoms with E-state index in [0.717, 1.165) is 18.5 Å². The molecule has 0 fully saturated rings. The number of benzene rings is 1. The second-order valence-corrected chi connectivity index (χ2v) is 4.57. The average molecular weight is 298 g/mol. The molecule has 1 aromatic rings. The number of hydrogen-bond donors (Lipinski definition) is 2. The summed E-state index contributed by atoms with van der Waals surface area (Å²) >= 11 is 0. The summed E-state index contributed by atoms with van der Waals surface area (Å²) in [4.78, 5) is 11.4. The van der Waals surface area contributed by atoms with Gasteiger partial charge in [0.25, 0.3) is 5.91 Å². The summed E-state index contributed by atoms with van der Waals surface area (Å²) in [7, 11) is 1.55. The number of ether oxygens (including phenoxy) is 2. The van der Waals surface area contributed by atoms with Crippen molar-refractivity contribution in [3.63, 3.8) is 0 Å². The number of carbonyl (C=O) groups is 1. The highest BCUT2D eigenvalue weighted by Gasteiger charge is 2.07. The topological polar surface area (TPSA) is 59.6 Å². The summed E-state index contributed by atoms with van der Waals surface area (Å²) in [5, 5.41) is 5.79. The lowest BCUT2D eigenvalue weighted by atomic mass is 10.2. The fourth-order valence-electron chi connectivity index (χ4n) is 1.67. The molecule has 0 radical (unpaired) electrons. The van der Waals surface area contributed by atoms with Gasteiger partial charge in [-0.3, -0.25) is 4.79 Å². The van der Waals surface area contributed by atoms with Crippen LogP contribution in [0.1, 0.15) is 18.9 Å². The van der Waals surface area contributed by atoms with E-state index in [1.54, 1.807) is 19.2 Å². The second kappa shape index (κ2) is 10.1. The molecule has 1 aromatic carbocycles. The number of hydrogen-bond acceptors (Lipinski definition) is 4. The molecule has 0 aliphatic carbocycles. The molecule has 0 saturated carbocycles. The third-order valence-corrected chi connectivity index (χ3v) is 2.74. The Labute approximate surface area is 124 Å². The minimum Gasteiger partial charge on any atom is -0.481 e. The van der Waals surface area contributed by atoms with Crippen molar-refractivity contribution in [3.05, 3.63) is 29.6 Å². The summed E-state index contributed by atoms with van der Waals surface area (Å²) in [6, 6.07) is 4.74. The van der Waals surface area contributed by atoms with Crippen molar-refractivity contribution in [2.24, 2.45) is 0 Å². The summed E-state index contributed by atoms with van der Waals surface area (Å²) in [5.41, 5.74) is 0.845. The standard InChI is InChI=1S/C15H23FN2O3/c1-3-6-17-10-12-4-5-14(13(16)9-12)21-11-15(19)18-7-8-20-2/h4-5,9,17H,3,6-8,10-11H2,1-2H3,(H,18,19). The lowest BCUT2D eigenvalue weighted by Crippen LogP contribution is -2.31. The van der Waals surface area contributed by atoms with Gasteiger partial charge in [-0.2, -0.15) is 0 Å². The molecule has 1 amide bonds. The largest absolute Gasteiger partial charge is 0.481 e. The third kappa shape index (κ3) is 7.06. The fraction of sp³-hybridized carbons (Fsp3) is 0.533. The molecule has 0 unspecified atom stereocenters. The smallest absolute Gasteiger partial charge is 0.258 e. The quantitative estimate of drug-likeness (QED) is 0.642. The van der Waals surface area contributed by atoms with Crippen LogP contribution in [0.3, 0.4) is 0 Å². The zero-order chi connectivity index (χ0) is 15.5. The molecular weight excluding hydrogens is 275 g/mol. The van der Waals surface area contributed by atoms with Gasteiger partial charge >= 0.3 is 0 Å². The number of methoxy groups -OCH3 is 1. The van der Waals surface area contributed by atoms with Crippen molar-refractivity contribution in [1.82, 2.24) is 10.6 Å². The SMILES string of the molecule is CCCNCc1ccc(OCC(=O)NCCOC)c(F)c1. The van der Waals surface area contributed by atoms with Gasteiger partial charge in [-0.05, 0) is 30.7 Å². The van der Waals surface area contributed by atoms with Gasteiger partial charge in [-0.15, -0.1) is 0 Å². The summed E-state index contributed by atoms with van der Waals surface area (Å²) in [6.45, 7) is 4.20. The summed E-state index contributed by atoms with van der Waals surface area (Å²) in [5.74, 6) is -0.688. The van der Waals surface area contributed by atoms with E-state index in [2.05, 4.69) is 17.6 Å². The maximum atomic E-state index is 13.8. The van der Waals surface area contributed by atoms with Crippen LogP contribution in [0.4, 0.5) is 4.39 Å². The van der Waals surface area contributed by atoms with Crippen LogP contribution in [0.5, 0.6) is 5.75 Å². The maximum Gasteiger partial charge on any atom is 0.258 e. The first-order valence-electron chi connectivity index (χ1n) is 7.05. The van der Waals surface area contributed by atoms with Crippen molar-refractivity contribution >= 4 is 5.91 Å². The minimum atomic E-state index is -0.463. The first-order valence-corrected chi connectivity index (χ1v) is 7.05. The lowest BCUT2D eigenvalue weighted by molar-refractivity contribution is -0.123. The Morgan fingerprint density at radius 3 is 2.81 bits per heavy atom. The average Bonchev–Trinajstić information content (AvgIpc) is 2.47. The van der Waals surface area contributed by atoms with Crippen LogP contribution in [-0.4, -0.2) is 39.3 Å². The number of carbonyl (C=O) groups excluding carboxylic acids is 1. The normalized spacial score (nSPS) is 10.4. The van der Waals surface area contributed by atoms with E-state index in [9.17, 15) is 9.18 Å². The molecule has 0 aromatic heterocycles. The highest BCUT2D eigenvalue weighted by Crippen LogP contribution is 2.18. The van der Waals surface area contributed by atoms with Crippen LogP contribution in [0.15, 0.2) is 18.2 Å². The Kier molecular flexibility index (Phi) is 8.38. The molecule has 0 aliphatic rings. The van der Waals surface area contributed by atoms with E-state index in [1.165, 1.54) is 6.07 Å². The van der Waals surface area contributed by atoms with Crippen LogP contribution in [-0.2, 0) is 16.1 Å². The van der Waals surface area contributed by atoms with Gasteiger partial charge in [0.2, 0.25) is 0 Å². The molecule has 1 rings (SSSR count). The van der Waals surface area contributed by atoms with Gasteiger partial charge in [0, 0.05) is 20.2 Å². The Balaban J connectivity index is 2.39. The zero-order valence-electron chi connectivity index (χ0n) is 12.6. The number of rotatable bonds is 10. The highest BCUT2D eigenvalue weighted by atomic mass is 19.1. The van der Waals surface area contributed by atoms with Crippen molar-refractivity contribution in [3.8, 4) is 5.75 Å². The molecule has 5 nitrogen and oxygen atoms in total. The van der Waals surface area contributed by atoms with E-state index in [1.807, 2.05) is 0 Å². The Morgan fingerprint density at radius 1 is 1.33 bits per heavy atom. The van der Waals surface area contributed by atoms with Gasteiger partial charge in [-0.1, -0.05) is 13.0 Å². The number of halogens is 1. The van der Waals surface area contributed by atoms with E-state index in [-0.39, 0.29) is 18.3 Å². The van der Waals surface area contributed by atoms with Crippen molar-refractivity contribution in [1.29, 1.82) is 0 Å². The van der Waals surface area contributed by atoms with Crippen LogP contribution in [0, 0.1) is 5.82 Å². The van der Waals surface area contributed by atoms with Crippen molar-refractivity contribution < 1.29 is 18.7 Å². The van der Waals surface area contributed by atoms with E-state index in [4.69, 9.17) is 9.47 Å². The Morgan fingerprint density at radius 2 is 2.14 bits per heavy atom. The summed E-state index contributed by atoms with van der Waals surface area (Å²) in [6.07, 6.45) is 1.03. The molecule has 0 spiro atoms. The molecule has 2 N–H and O–H groups in total. The third-order valence-electron chi connectivity index (χ3n) is 2.74. The molecule has 0 atom stereocenters.